The molecule has 6 heteroatoms. The molecule has 1 heterocycles. The molecule has 3 N–H and O–H groups in total. The van der Waals surface area contributed by atoms with Gasteiger partial charge >= 0.3 is 0 Å². The Labute approximate surface area is 109 Å². The molecule has 5 nitrogen and oxygen atoms in total. The van der Waals surface area contributed by atoms with Crippen molar-refractivity contribution in [3.8, 4) is 10.6 Å². The second-order valence-corrected chi connectivity index (χ2v) is 4.81. The first-order valence-corrected chi connectivity index (χ1v) is 6.24. The number of carbonyl (C=O) groups excluding carboxylic acids is 1. The number of benzene rings is 1. The predicted octanol–water partition coefficient (Wildman–Crippen LogP) is 1.48. The topological polar surface area (TPSA) is 71.2 Å². The van der Waals surface area contributed by atoms with Gasteiger partial charge in [0.15, 0.2) is 0 Å². The maximum absolute atomic E-state index is 11.3. The van der Waals surface area contributed by atoms with Crippen molar-refractivity contribution in [2.45, 2.75) is 0 Å². The fourth-order valence-corrected chi connectivity index (χ4v) is 2.29. The van der Waals surface area contributed by atoms with E-state index in [-0.39, 0.29) is 5.91 Å². The van der Waals surface area contributed by atoms with E-state index in [0.29, 0.717) is 5.69 Å². The van der Waals surface area contributed by atoms with Crippen LogP contribution in [0.3, 0.4) is 0 Å². The van der Waals surface area contributed by atoms with Crippen molar-refractivity contribution in [3.05, 3.63) is 35.3 Å². The van der Waals surface area contributed by atoms with Gasteiger partial charge in [0.1, 0.15) is 10.7 Å². The van der Waals surface area contributed by atoms with Gasteiger partial charge in [-0.1, -0.05) is 0 Å². The molecule has 1 amide bonds. The molecule has 0 aliphatic carbocycles. The fraction of sp³-hybridized carbons (Fsp3) is 0.167. The van der Waals surface area contributed by atoms with E-state index in [1.165, 1.54) is 11.3 Å². The van der Waals surface area contributed by atoms with Crippen LogP contribution in [0.1, 0.15) is 10.5 Å². The Morgan fingerprint density at radius 1 is 1.33 bits per heavy atom. The van der Waals surface area contributed by atoms with Crippen LogP contribution in [0.4, 0.5) is 5.69 Å². The molecule has 2 aromatic rings. The molecular formula is C12H14N4OS. The lowest BCUT2D eigenvalue weighted by Crippen LogP contribution is -2.30. The van der Waals surface area contributed by atoms with Crippen molar-refractivity contribution < 1.29 is 4.79 Å². The third-order valence-electron chi connectivity index (χ3n) is 2.50. The zero-order valence-corrected chi connectivity index (χ0v) is 11.0. The average Bonchev–Trinajstić information content (AvgIpc) is 2.87. The monoisotopic (exact) mass is 262 g/mol. The molecular weight excluding hydrogens is 248 g/mol. The van der Waals surface area contributed by atoms with Gasteiger partial charge in [-0.3, -0.25) is 10.2 Å². The quantitative estimate of drug-likeness (QED) is 0.499. The van der Waals surface area contributed by atoms with E-state index < -0.39 is 0 Å². The highest BCUT2D eigenvalue weighted by Crippen LogP contribution is 2.25. The van der Waals surface area contributed by atoms with Gasteiger partial charge in [-0.25, -0.2) is 10.8 Å². The summed E-state index contributed by atoms with van der Waals surface area (Å²) in [5.74, 6) is 4.69. The lowest BCUT2D eigenvalue weighted by atomic mass is 10.2. The molecule has 0 aliphatic heterocycles. The lowest BCUT2D eigenvalue weighted by Gasteiger charge is -2.11. The van der Waals surface area contributed by atoms with Crippen LogP contribution in [0.25, 0.3) is 10.6 Å². The van der Waals surface area contributed by atoms with Gasteiger partial charge in [0.25, 0.3) is 5.91 Å². The second kappa shape index (κ2) is 5.16. The molecule has 0 unspecified atom stereocenters. The number of nitrogens with two attached hydrogens (primary N) is 1. The first-order valence-electron chi connectivity index (χ1n) is 5.36. The summed E-state index contributed by atoms with van der Waals surface area (Å²) in [5, 5.41) is 2.50. The highest BCUT2D eigenvalue weighted by Gasteiger charge is 2.10. The minimum atomic E-state index is -0.373. The van der Waals surface area contributed by atoms with Gasteiger partial charge in [-0.2, -0.15) is 0 Å². The first-order chi connectivity index (χ1) is 8.61. The van der Waals surface area contributed by atoms with Crippen LogP contribution in [-0.4, -0.2) is 25.0 Å². The maximum atomic E-state index is 11.3. The third kappa shape index (κ3) is 2.49. The van der Waals surface area contributed by atoms with E-state index in [0.717, 1.165) is 16.3 Å². The van der Waals surface area contributed by atoms with Crippen molar-refractivity contribution in [3.63, 3.8) is 0 Å². The second-order valence-electron chi connectivity index (χ2n) is 3.95. The van der Waals surface area contributed by atoms with Crippen molar-refractivity contribution in [1.29, 1.82) is 0 Å². The van der Waals surface area contributed by atoms with Crippen molar-refractivity contribution in [1.82, 2.24) is 10.4 Å². The molecule has 0 atom stereocenters. The number of carbonyl (C=O) groups is 1. The third-order valence-corrected chi connectivity index (χ3v) is 3.39. The maximum Gasteiger partial charge on any atom is 0.284 e. The Morgan fingerprint density at radius 3 is 2.56 bits per heavy atom. The molecule has 0 radical (unpaired) electrons. The van der Waals surface area contributed by atoms with Crippen LogP contribution in [0.5, 0.6) is 0 Å². The Morgan fingerprint density at radius 2 is 2.00 bits per heavy atom. The number of anilines is 1. The summed E-state index contributed by atoms with van der Waals surface area (Å²) in [6, 6.07) is 8.00. The number of nitrogen functional groups attached to an aromatic ring is 1. The minimum absolute atomic E-state index is 0.342. The number of rotatable bonds is 3. The zero-order valence-electron chi connectivity index (χ0n) is 10.2. The molecule has 94 valence electrons. The number of amides is 1. The van der Waals surface area contributed by atoms with Gasteiger partial charge in [-0.15, -0.1) is 11.3 Å². The summed E-state index contributed by atoms with van der Waals surface area (Å²) in [4.78, 5) is 17.6. The van der Waals surface area contributed by atoms with E-state index in [9.17, 15) is 4.79 Å². The summed E-state index contributed by atoms with van der Waals surface area (Å²) >= 11 is 1.42. The van der Waals surface area contributed by atoms with Crippen LogP contribution in [-0.2, 0) is 0 Å². The van der Waals surface area contributed by atoms with Gasteiger partial charge < -0.3 is 4.90 Å². The average molecular weight is 262 g/mol. The number of thiazole rings is 1. The van der Waals surface area contributed by atoms with E-state index in [1.54, 1.807) is 5.38 Å². The zero-order chi connectivity index (χ0) is 13.1. The summed E-state index contributed by atoms with van der Waals surface area (Å²) in [6.07, 6.45) is 0. The molecule has 0 spiro atoms. The van der Waals surface area contributed by atoms with Gasteiger partial charge in [0.2, 0.25) is 0 Å². The van der Waals surface area contributed by atoms with E-state index in [2.05, 4.69) is 10.4 Å². The lowest BCUT2D eigenvalue weighted by molar-refractivity contribution is 0.0949. The summed E-state index contributed by atoms with van der Waals surface area (Å²) in [6.45, 7) is 0. The minimum Gasteiger partial charge on any atom is -0.378 e. The van der Waals surface area contributed by atoms with Gasteiger partial charge in [-0.05, 0) is 24.3 Å². The Bertz CT molecular complexity index is 547. The molecule has 18 heavy (non-hydrogen) atoms. The fourth-order valence-electron chi connectivity index (χ4n) is 1.49. The van der Waals surface area contributed by atoms with Crippen molar-refractivity contribution in [2.75, 3.05) is 19.0 Å². The number of hydrazine groups is 1. The van der Waals surface area contributed by atoms with Crippen LogP contribution in [0, 0.1) is 0 Å². The number of aromatic nitrogens is 1. The van der Waals surface area contributed by atoms with E-state index in [4.69, 9.17) is 5.84 Å². The standard InChI is InChI=1S/C12H14N4OS/c1-16(2)9-5-3-8(4-6-9)12-14-10(7-18-12)11(17)15-13/h3-7H,13H2,1-2H3,(H,15,17). The van der Waals surface area contributed by atoms with Crippen LogP contribution in [0.15, 0.2) is 29.6 Å². The molecule has 0 aliphatic rings. The first kappa shape index (κ1) is 12.5. The highest BCUT2D eigenvalue weighted by molar-refractivity contribution is 7.13. The smallest absolute Gasteiger partial charge is 0.284 e. The molecule has 0 fully saturated rings. The molecule has 1 aromatic carbocycles. The molecule has 0 saturated carbocycles. The number of nitrogens with zero attached hydrogens (tertiary/aromatic N) is 2. The van der Waals surface area contributed by atoms with Crippen LogP contribution < -0.4 is 16.2 Å². The van der Waals surface area contributed by atoms with Gasteiger partial charge in [0, 0.05) is 30.7 Å². The Kier molecular flexibility index (Phi) is 3.59. The number of nitrogens with one attached hydrogen (secondary N) is 1. The van der Waals surface area contributed by atoms with E-state index in [1.807, 2.05) is 43.3 Å². The predicted molar refractivity (Wildman–Crippen MR) is 73.5 cm³/mol. The Hall–Kier alpha value is -1.92. The molecule has 0 bridgehead atoms. The van der Waals surface area contributed by atoms with Gasteiger partial charge in [0.05, 0.1) is 0 Å². The Balaban J connectivity index is 2.26. The van der Waals surface area contributed by atoms with Crippen molar-refractivity contribution >= 4 is 22.9 Å². The van der Waals surface area contributed by atoms with E-state index >= 15 is 0 Å². The molecule has 0 saturated heterocycles. The normalized spacial score (nSPS) is 10.2. The molecule has 1 aromatic heterocycles. The summed E-state index contributed by atoms with van der Waals surface area (Å²) < 4.78 is 0. The van der Waals surface area contributed by atoms with Crippen LogP contribution in [0.2, 0.25) is 0 Å². The van der Waals surface area contributed by atoms with Crippen molar-refractivity contribution in [2.24, 2.45) is 5.84 Å². The SMILES string of the molecule is CN(C)c1ccc(-c2nc(C(=O)NN)cs2)cc1. The molecule has 2 rings (SSSR count). The van der Waals surface area contributed by atoms with Crippen LogP contribution >= 0.6 is 11.3 Å². The number of hydrogen-bond donors (Lipinski definition) is 2. The largest absolute Gasteiger partial charge is 0.378 e. The summed E-state index contributed by atoms with van der Waals surface area (Å²) in [7, 11) is 3.98. The highest BCUT2D eigenvalue weighted by atomic mass is 32.1. The summed E-state index contributed by atoms with van der Waals surface area (Å²) in [5.41, 5.74) is 4.52. The number of hydrogen-bond acceptors (Lipinski definition) is 5.